The first-order chi connectivity index (χ1) is 14.2. The van der Waals surface area contributed by atoms with Crippen molar-refractivity contribution in [3.8, 4) is 0 Å². The zero-order valence-corrected chi connectivity index (χ0v) is 19.0. The van der Waals surface area contributed by atoms with Crippen molar-refractivity contribution in [1.82, 2.24) is 4.90 Å². The summed E-state index contributed by atoms with van der Waals surface area (Å²) in [6, 6.07) is 22.3. The Hall–Kier alpha value is -2.11. The van der Waals surface area contributed by atoms with Gasteiger partial charge in [0.1, 0.15) is 6.61 Å². The van der Waals surface area contributed by atoms with Crippen LogP contribution in [0.25, 0.3) is 0 Å². The van der Waals surface area contributed by atoms with Gasteiger partial charge in [-0.3, -0.25) is 0 Å². The molecule has 0 saturated carbocycles. The highest BCUT2D eigenvalue weighted by Gasteiger charge is 2.26. The number of hydrogen-bond acceptors (Lipinski definition) is 3. The Labute approximate surface area is 185 Å². The fourth-order valence-electron chi connectivity index (χ4n) is 3.34. The molecule has 2 aromatic carbocycles. The summed E-state index contributed by atoms with van der Waals surface area (Å²) in [6.45, 7) is 3.05. The Kier molecular flexibility index (Phi) is 8.32. The first-order valence-corrected chi connectivity index (χ1v) is 11.6. The van der Waals surface area contributed by atoms with Gasteiger partial charge < -0.3 is 9.64 Å². The van der Waals surface area contributed by atoms with Crippen molar-refractivity contribution in [3.63, 3.8) is 0 Å². The van der Waals surface area contributed by atoms with E-state index < -0.39 is 0 Å². The predicted molar refractivity (Wildman–Crippen MR) is 123 cm³/mol. The molecule has 0 spiro atoms. The second-order valence-corrected chi connectivity index (χ2v) is 8.87. The standard InChI is InChI=1S/C24H26BrNO2S/c1-2-16-26(24(27)28-18-19-7-4-3-5-8-19)23(15-14-22-9-6-17-29-22)20-10-12-21(25)13-11-20/h3-13,17,23H,2,14-16,18H2,1H3. The van der Waals surface area contributed by atoms with Crippen LogP contribution in [-0.2, 0) is 17.8 Å². The van der Waals surface area contributed by atoms with E-state index in [2.05, 4.69) is 52.5 Å². The smallest absolute Gasteiger partial charge is 0.410 e. The summed E-state index contributed by atoms with van der Waals surface area (Å²) in [5, 5.41) is 2.10. The molecule has 29 heavy (non-hydrogen) atoms. The van der Waals surface area contributed by atoms with Gasteiger partial charge in [-0.05, 0) is 54.0 Å². The van der Waals surface area contributed by atoms with E-state index in [9.17, 15) is 4.79 Å². The number of benzene rings is 2. The fraction of sp³-hybridized carbons (Fsp3) is 0.292. The average molecular weight is 472 g/mol. The van der Waals surface area contributed by atoms with Gasteiger partial charge in [0, 0.05) is 15.9 Å². The zero-order valence-electron chi connectivity index (χ0n) is 16.6. The maximum absolute atomic E-state index is 13.0. The summed E-state index contributed by atoms with van der Waals surface area (Å²) >= 11 is 5.27. The largest absolute Gasteiger partial charge is 0.445 e. The van der Waals surface area contributed by atoms with E-state index in [1.165, 1.54) is 4.88 Å². The number of carbonyl (C=O) groups is 1. The molecule has 3 rings (SSSR count). The molecule has 1 atom stereocenters. The van der Waals surface area contributed by atoms with Crippen LogP contribution in [-0.4, -0.2) is 17.5 Å². The van der Waals surface area contributed by atoms with Crippen LogP contribution in [0.4, 0.5) is 4.79 Å². The first kappa shape index (κ1) is 21.6. The molecular formula is C24H26BrNO2S. The lowest BCUT2D eigenvalue weighted by Gasteiger charge is -2.31. The quantitative estimate of drug-likeness (QED) is 0.329. The molecule has 0 bridgehead atoms. The Morgan fingerprint density at radius 3 is 2.48 bits per heavy atom. The highest BCUT2D eigenvalue weighted by molar-refractivity contribution is 9.10. The molecule has 5 heteroatoms. The number of hydrogen-bond donors (Lipinski definition) is 0. The molecule has 0 radical (unpaired) electrons. The number of thiophene rings is 1. The number of nitrogens with zero attached hydrogens (tertiary/aromatic N) is 1. The third-order valence-corrected chi connectivity index (χ3v) is 6.24. The van der Waals surface area contributed by atoms with Gasteiger partial charge in [-0.1, -0.05) is 71.4 Å². The Bertz CT molecular complexity index is 866. The number of amides is 1. The van der Waals surface area contributed by atoms with Crippen LogP contribution in [0, 0.1) is 0 Å². The lowest BCUT2D eigenvalue weighted by atomic mass is 9.99. The molecule has 0 aliphatic heterocycles. The van der Waals surface area contributed by atoms with Crippen molar-refractivity contribution >= 4 is 33.4 Å². The number of ether oxygens (including phenoxy) is 1. The van der Waals surface area contributed by atoms with Gasteiger partial charge in [0.2, 0.25) is 0 Å². The van der Waals surface area contributed by atoms with Gasteiger partial charge in [-0.15, -0.1) is 11.3 Å². The normalized spacial score (nSPS) is 11.8. The Morgan fingerprint density at radius 2 is 1.83 bits per heavy atom. The molecule has 1 unspecified atom stereocenters. The van der Waals surface area contributed by atoms with Crippen LogP contribution in [0.5, 0.6) is 0 Å². The average Bonchev–Trinajstić information content (AvgIpc) is 3.27. The van der Waals surface area contributed by atoms with Crippen molar-refractivity contribution < 1.29 is 9.53 Å². The third kappa shape index (κ3) is 6.44. The minimum Gasteiger partial charge on any atom is -0.445 e. The monoisotopic (exact) mass is 471 g/mol. The van der Waals surface area contributed by atoms with E-state index in [0.717, 1.165) is 34.9 Å². The Morgan fingerprint density at radius 1 is 1.07 bits per heavy atom. The second kappa shape index (κ2) is 11.2. The summed E-state index contributed by atoms with van der Waals surface area (Å²) in [5.41, 5.74) is 2.13. The molecule has 0 saturated heterocycles. The van der Waals surface area contributed by atoms with Gasteiger partial charge in [0.15, 0.2) is 0 Å². The van der Waals surface area contributed by atoms with E-state index in [0.29, 0.717) is 6.54 Å². The Balaban J connectivity index is 1.77. The SMILES string of the molecule is CCCN(C(=O)OCc1ccccc1)C(CCc1cccs1)c1ccc(Br)cc1. The minimum absolute atomic E-state index is 0.0200. The van der Waals surface area contributed by atoms with E-state index >= 15 is 0 Å². The maximum atomic E-state index is 13.0. The van der Waals surface area contributed by atoms with Crippen molar-refractivity contribution in [2.45, 2.75) is 38.8 Å². The third-order valence-electron chi connectivity index (χ3n) is 4.78. The van der Waals surface area contributed by atoms with E-state index in [4.69, 9.17) is 4.74 Å². The summed E-state index contributed by atoms with van der Waals surface area (Å²) in [7, 11) is 0. The molecule has 0 fully saturated rings. The number of aryl methyl sites for hydroxylation is 1. The summed E-state index contributed by atoms with van der Waals surface area (Å²) in [4.78, 5) is 16.3. The van der Waals surface area contributed by atoms with E-state index in [1.807, 2.05) is 47.4 Å². The topological polar surface area (TPSA) is 29.5 Å². The van der Waals surface area contributed by atoms with Gasteiger partial charge in [0.05, 0.1) is 6.04 Å². The van der Waals surface area contributed by atoms with Crippen molar-refractivity contribution in [2.75, 3.05) is 6.54 Å². The lowest BCUT2D eigenvalue weighted by molar-refractivity contribution is 0.0781. The van der Waals surface area contributed by atoms with Crippen molar-refractivity contribution in [3.05, 3.63) is 92.6 Å². The molecule has 152 valence electrons. The first-order valence-electron chi connectivity index (χ1n) is 9.92. The molecular weight excluding hydrogens is 446 g/mol. The number of halogens is 1. The van der Waals surface area contributed by atoms with Gasteiger partial charge in [-0.25, -0.2) is 4.79 Å². The lowest BCUT2D eigenvalue weighted by Crippen LogP contribution is -2.36. The van der Waals surface area contributed by atoms with Crippen LogP contribution in [0.15, 0.2) is 76.6 Å². The van der Waals surface area contributed by atoms with Crippen molar-refractivity contribution in [1.29, 1.82) is 0 Å². The molecule has 1 amide bonds. The van der Waals surface area contributed by atoms with Crippen LogP contribution in [0.2, 0.25) is 0 Å². The molecule has 3 aromatic rings. The minimum atomic E-state index is -0.255. The summed E-state index contributed by atoms with van der Waals surface area (Å²) in [6.07, 6.45) is 2.43. The van der Waals surface area contributed by atoms with Crippen molar-refractivity contribution in [2.24, 2.45) is 0 Å². The van der Waals surface area contributed by atoms with E-state index in [1.54, 1.807) is 11.3 Å². The summed E-state index contributed by atoms with van der Waals surface area (Å²) in [5.74, 6) is 0. The second-order valence-electron chi connectivity index (χ2n) is 6.92. The summed E-state index contributed by atoms with van der Waals surface area (Å²) < 4.78 is 6.72. The molecule has 0 N–H and O–H groups in total. The predicted octanol–water partition coefficient (Wildman–Crippen LogP) is 7.23. The molecule has 1 heterocycles. The number of carbonyl (C=O) groups excluding carboxylic acids is 1. The van der Waals surface area contributed by atoms with Gasteiger partial charge >= 0.3 is 6.09 Å². The number of rotatable bonds is 9. The molecule has 1 aromatic heterocycles. The maximum Gasteiger partial charge on any atom is 0.410 e. The van der Waals surface area contributed by atoms with Gasteiger partial charge in [0.25, 0.3) is 0 Å². The molecule has 0 aliphatic rings. The fourth-order valence-corrected chi connectivity index (χ4v) is 4.33. The highest BCUT2D eigenvalue weighted by Crippen LogP contribution is 2.29. The molecule has 0 aliphatic carbocycles. The van der Waals surface area contributed by atoms with Crippen LogP contribution in [0.1, 0.15) is 41.8 Å². The van der Waals surface area contributed by atoms with Crippen LogP contribution in [0.3, 0.4) is 0 Å². The highest BCUT2D eigenvalue weighted by atomic mass is 79.9. The molecule has 3 nitrogen and oxygen atoms in total. The van der Waals surface area contributed by atoms with E-state index in [-0.39, 0.29) is 18.7 Å². The van der Waals surface area contributed by atoms with Gasteiger partial charge in [-0.2, -0.15) is 0 Å². The van der Waals surface area contributed by atoms with Crippen LogP contribution >= 0.6 is 27.3 Å². The van der Waals surface area contributed by atoms with Crippen LogP contribution < -0.4 is 0 Å². The zero-order chi connectivity index (χ0) is 20.5.